The molecule has 0 saturated heterocycles. The smallest absolute Gasteiger partial charge is 0.398 e. The number of nitro groups is 1. The van der Waals surface area contributed by atoms with Gasteiger partial charge in [-0.1, -0.05) is 0 Å². The van der Waals surface area contributed by atoms with Crippen molar-refractivity contribution in [3.63, 3.8) is 0 Å². The molecule has 0 spiro atoms. The minimum Gasteiger partial charge on any atom is -0.398 e. The third kappa shape index (κ3) is 3.09. The van der Waals surface area contributed by atoms with Crippen molar-refractivity contribution in [2.45, 2.75) is 6.36 Å². The maximum atomic E-state index is 11.9. The highest BCUT2D eigenvalue weighted by Crippen LogP contribution is 2.32. The van der Waals surface area contributed by atoms with Crippen LogP contribution in [0.1, 0.15) is 5.56 Å². The summed E-state index contributed by atoms with van der Waals surface area (Å²) < 4.78 is 39.2. The topological polar surface area (TPSA) is 72.6 Å². The lowest BCUT2D eigenvalue weighted by atomic mass is 10.2. The number of ether oxygens (including phenoxy) is 1. The zero-order valence-electron chi connectivity index (χ0n) is 7.56. The Morgan fingerprint density at radius 1 is 1.44 bits per heavy atom. The summed E-state index contributed by atoms with van der Waals surface area (Å²) in [5, 5.41) is 19.0. The van der Waals surface area contributed by atoms with Crippen LogP contribution in [0.4, 0.5) is 18.9 Å². The summed E-state index contributed by atoms with van der Waals surface area (Å²) in [6, 6.07) is 2.61. The zero-order chi connectivity index (χ0) is 12.3. The van der Waals surface area contributed by atoms with Crippen LogP contribution in [0.2, 0.25) is 0 Å². The maximum Gasteiger partial charge on any atom is 0.573 e. The van der Waals surface area contributed by atoms with Crippen LogP contribution in [0.3, 0.4) is 0 Å². The third-order valence-corrected chi connectivity index (χ3v) is 1.56. The fourth-order valence-electron chi connectivity index (χ4n) is 0.968. The molecule has 1 aromatic carbocycles. The zero-order valence-corrected chi connectivity index (χ0v) is 7.56. The number of aliphatic hydroxyl groups excluding tert-OH is 1. The Hall–Kier alpha value is -1.83. The molecule has 16 heavy (non-hydrogen) atoms. The first-order valence-corrected chi connectivity index (χ1v) is 3.85. The Bertz CT molecular complexity index is 405. The lowest BCUT2D eigenvalue weighted by Gasteiger charge is -2.09. The van der Waals surface area contributed by atoms with Gasteiger partial charge in [0.15, 0.2) is 0 Å². The predicted octanol–water partition coefficient (Wildman–Crippen LogP) is 2.38. The first-order chi connectivity index (χ1) is 7.33. The summed E-state index contributed by atoms with van der Waals surface area (Å²) in [5.74, 6) is -0.972. The number of nitro benzene ring substituents is 1. The molecule has 0 fully saturated rings. The van der Waals surface area contributed by atoms with Gasteiger partial charge in [-0.2, -0.15) is 0 Å². The lowest BCUT2D eigenvalue weighted by molar-refractivity contribution is -0.388. The molecule has 1 radical (unpaired) electrons. The number of halogens is 3. The minimum absolute atomic E-state index is 0.0372. The van der Waals surface area contributed by atoms with Crippen molar-refractivity contribution in [2.75, 3.05) is 0 Å². The van der Waals surface area contributed by atoms with E-state index in [2.05, 4.69) is 4.74 Å². The molecule has 8 heteroatoms. The molecule has 0 atom stereocenters. The van der Waals surface area contributed by atoms with Crippen molar-refractivity contribution in [3.8, 4) is 5.75 Å². The van der Waals surface area contributed by atoms with Crippen molar-refractivity contribution in [3.05, 3.63) is 40.5 Å². The normalized spacial score (nSPS) is 11.2. The van der Waals surface area contributed by atoms with Gasteiger partial charge in [0, 0.05) is 6.07 Å². The quantitative estimate of drug-likeness (QED) is 0.645. The molecule has 5 nitrogen and oxygen atoms in total. The average Bonchev–Trinajstić information content (AvgIpc) is 2.14. The Balaban J connectivity index is 3.15. The van der Waals surface area contributed by atoms with E-state index in [9.17, 15) is 23.3 Å². The van der Waals surface area contributed by atoms with Gasteiger partial charge in [0.1, 0.15) is 6.61 Å². The number of benzene rings is 1. The second-order valence-electron chi connectivity index (χ2n) is 2.66. The van der Waals surface area contributed by atoms with Gasteiger partial charge in [0.2, 0.25) is 5.75 Å². The standard InChI is InChI=1S/C8H5F3NO4/c9-8(10,11)16-7-3-5(4-13)1-2-6(7)12(14)15/h1-4,13H. The van der Waals surface area contributed by atoms with E-state index < -0.39 is 22.7 Å². The largest absolute Gasteiger partial charge is 0.573 e. The maximum absolute atomic E-state index is 11.9. The number of hydrogen-bond donors (Lipinski definition) is 1. The number of nitrogens with zero attached hydrogens (tertiary/aromatic N) is 1. The summed E-state index contributed by atoms with van der Waals surface area (Å²) in [4.78, 5) is 9.38. The van der Waals surface area contributed by atoms with Gasteiger partial charge in [-0.15, -0.1) is 13.2 Å². The molecule has 0 aliphatic rings. The van der Waals surface area contributed by atoms with E-state index in [1.807, 2.05) is 0 Å². The number of aliphatic hydroxyl groups is 1. The van der Waals surface area contributed by atoms with Gasteiger partial charge in [-0.25, -0.2) is 0 Å². The van der Waals surface area contributed by atoms with Gasteiger partial charge in [-0.05, 0) is 17.7 Å². The highest BCUT2D eigenvalue weighted by molar-refractivity contribution is 5.49. The monoisotopic (exact) mass is 236 g/mol. The van der Waals surface area contributed by atoms with E-state index in [0.717, 1.165) is 12.1 Å². The van der Waals surface area contributed by atoms with Crippen LogP contribution in [0.5, 0.6) is 5.75 Å². The van der Waals surface area contributed by atoms with Crippen LogP contribution in [0, 0.1) is 16.7 Å². The lowest BCUT2D eigenvalue weighted by Crippen LogP contribution is -2.18. The highest BCUT2D eigenvalue weighted by atomic mass is 19.4. The minimum atomic E-state index is -5.03. The summed E-state index contributed by atoms with van der Waals surface area (Å²) in [5.41, 5.74) is -0.868. The first kappa shape index (κ1) is 12.2. The van der Waals surface area contributed by atoms with Crippen LogP contribution in [-0.2, 0) is 0 Å². The third-order valence-electron chi connectivity index (χ3n) is 1.56. The average molecular weight is 236 g/mol. The molecule has 0 unspecified atom stereocenters. The van der Waals surface area contributed by atoms with Crippen molar-refractivity contribution in [2.24, 2.45) is 0 Å². The summed E-state index contributed by atoms with van der Waals surface area (Å²) in [6.45, 7) is 0.507. The Morgan fingerprint density at radius 2 is 2.06 bits per heavy atom. The molecule has 1 aromatic rings. The number of hydrogen-bond acceptors (Lipinski definition) is 4. The first-order valence-electron chi connectivity index (χ1n) is 3.85. The molecule has 0 aliphatic carbocycles. The molecule has 1 N–H and O–H groups in total. The van der Waals surface area contributed by atoms with Crippen molar-refractivity contribution in [1.82, 2.24) is 0 Å². The van der Waals surface area contributed by atoms with Gasteiger partial charge in [0.25, 0.3) is 0 Å². The molecule has 0 bridgehead atoms. The molecular formula is C8H5F3NO4. The Labute approximate surface area is 87.2 Å². The second kappa shape index (κ2) is 4.35. The van der Waals surface area contributed by atoms with Crippen LogP contribution < -0.4 is 4.74 Å². The molecule has 0 saturated carbocycles. The molecule has 0 amide bonds. The fourth-order valence-corrected chi connectivity index (χ4v) is 0.968. The van der Waals surface area contributed by atoms with E-state index in [0.29, 0.717) is 12.7 Å². The molecule has 87 valence electrons. The van der Waals surface area contributed by atoms with Crippen molar-refractivity contribution < 1.29 is 27.9 Å². The molecule has 0 aromatic heterocycles. The fraction of sp³-hybridized carbons (Fsp3) is 0.125. The van der Waals surface area contributed by atoms with Crippen LogP contribution in [-0.4, -0.2) is 16.4 Å². The van der Waals surface area contributed by atoms with Gasteiger partial charge >= 0.3 is 12.0 Å². The van der Waals surface area contributed by atoms with Crippen LogP contribution in [0.15, 0.2) is 18.2 Å². The Morgan fingerprint density at radius 3 is 2.50 bits per heavy atom. The Kier molecular flexibility index (Phi) is 3.33. The van der Waals surface area contributed by atoms with E-state index in [1.54, 1.807) is 0 Å². The van der Waals surface area contributed by atoms with Gasteiger partial charge < -0.3 is 9.84 Å². The van der Waals surface area contributed by atoms with Crippen LogP contribution >= 0.6 is 0 Å². The summed E-state index contributed by atoms with van der Waals surface area (Å²) in [6.07, 6.45) is -5.03. The van der Waals surface area contributed by atoms with Crippen molar-refractivity contribution in [1.29, 1.82) is 0 Å². The number of rotatable bonds is 3. The van der Waals surface area contributed by atoms with E-state index in [-0.39, 0.29) is 5.56 Å². The van der Waals surface area contributed by atoms with E-state index in [1.165, 1.54) is 0 Å². The number of alkyl halides is 3. The van der Waals surface area contributed by atoms with Gasteiger partial charge in [0.05, 0.1) is 4.92 Å². The molecule has 0 heterocycles. The van der Waals surface area contributed by atoms with Gasteiger partial charge in [-0.3, -0.25) is 10.1 Å². The molecule has 0 aliphatic heterocycles. The molecular weight excluding hydrogens is 231 g/mol. The highest BCUT2D eigenvalue weighted by Gasteiger charge is 2.34. The van der Waals surface area contributed by atoms with E-state index >= 15 is 0 Å². The van der Waals surface area contributed by atoms with E-state index in [4.69, 9.17) is 5.11 Å². The second-order valence-corrected chi connectivity index (χ2v) is 2.66. The molecule has 1 rings (SSSR count). The summed E-state index contributed by atoms with van der Waals surface area (Å²) in [7, 11) is 0. The SMILES string of the molecule is O=[N+]([O-])c1ccc([CH]O)cc1OC(F)(F)F. The van der Waals surface area contributed by atoms with Crippen LogP contribution in [0.25, 0.3) is 0 Å². The summed E-state index contributed by atoms with van der Waals surface area (Å²) >= 11 is 0. The predicted molar refractivity (Wildman–Crippen MR) is 45.1 cm³/mol. The van der Waals surface area contributed by atoms with Crippen molar-refractivity contribution >= 4 is 5.69 Å².